The van der Waals surface area contributed by atoms with Crippen molar-refractivity contribution in [1.29, 1.82) is 0 Å². The average Bonchev–Trinajstić information content (AvgIpc) is 2.86. The van der Waals surface area contributed by atoms with Crippen LogP contribution in [0.5, 0.6) is 0 Å². The first-order chi connectivity index (χ1) is 10.1. The summed E-state index contributed by atoms with van der Waals surface area (Å²) in [4.78, 5) is 4.84. The third-order valence-electron chi connectivity index (χ3n) is 4.48. The summed E-state index contributed by atoms with van der Waals surface area (Å²) in [6.45, 7) is 4.68. The fourth-order valence-corrected chi connectivity index (χ4v) is 3.23. The van der Waals surface area contributed by atoms with Crippen LogP contribution in [0.15, 0.2) is 24.3 Å². The first-order valence-electron chi connectivity index (χ1n) is 7.88. The Balaban J connectivity index is 1.78. The molecule has 2 unspecified atom stereocenters. The van der Waals surface area contributed by atoms with Gasteiger partial charge in [-0.1, -0.05) is 12.1 Å². The Labute approximate surface area is 128 Å². The highest BCUT2D eigenvalue weighted by Crippen LogP contribution is 2.19. The minimum absolute atomic E-state index is 0.170. The van der Waals surface area contributed by atoms with Gasteiger partial charge in [0, 0.05) is 19.1 Å². The van der Waals surface area contributed by atoms with E-state index in [9.17, 15) is 4.39 Å². The normalized spacial score (nSPS) is 21.1. The molecule has 1 aliphatic heterocycles. The molecule has 21 heavy (non-hydrogen) atoms. The highest BCUT2D eigenvalue weighted by Gasteiger charge is 2.21. The topological polar surface area (TPSA) is 18.5 Å². The maximum atomic E-state index is 13.0. The number of rotatable bonds is 7. The lowest BCUT2D eigenvalue weighted by Crippen LogP contribution is -2.30. The van der Waals surface area contributed by atoms with Gasteiger partial charge >= 0.3 is 0 Å². The van der Waals surface area contributed by atoms with Gasteiger partial charge in [-0.2, -0.15) is 0 Å². The molecule has 1 aliphatic rings. The molecule has 0 radical (unpaired) electrons. The van der Waals surface area contributed by atoms with Crippen LogP contribution < -0.4 is 5.32 Å². The van der Waals surface area contributed by atoms with Crippen molar-refractivity contribution in [1.82, 2.24) is 15.1 Å². The molecule has 118 valence electrons. The van der Waals surface area contributed by atoms with Crippen molar-refractivity contribution in [2.45, 2.75) is 18.9 Å². The van der Waals surface area contributed by atoms with Gasteiger partial charge < -0.3 is 15.1 Å². The summed E-state index contributed by atoms with van der Waals surface area (Å²) in [5.74, 6) is 0.634. The van der Waals surface area contributed by atoms with E-state index in [0.717, 1.165) is 24.4 Å². The fourth-order valence-electron chi connectivity index (χ4n) is 3.23. The number of likely N-dealkylation sites (tertiary alicyclic amines) is 1. The minimum Gasteiger partial charge on any atom is -0.313 e. The number of hydrogen-bond donors (Lipinski definition) is 1. The van der Waals surface area contributed by atoms with E-state index >= 15 is 0 Å². The first kappa shape index (κ1) is 16.4. The van der Waals surface area contributed by atoms with E-state index in [2.05, 4.69) is 29.2 Å². The highest BCUT2D eigenvalue weighted by molar-refractivity contribution is 5.19. The summed E-state index contributed by atoms with van der Waals surface area (Å²) >= 11 is 0. The molecule has 1 fully saturated rings. The van der Waals surface area contributed by atoms with Crippen LogP contribution in [-0.4, -0.2) is 57.1 Å². The quantitative estimate of drug-likeness (QED) is 0.832. The summed E-state index contributed by atoms with van der Waals surface area (Å²) < 4.78 is 13.0. The van der Waals surface area contributed by atoms with Crippen molar-refractivity contribution >= 4 is 0 Å². The zero-order valence-electron chi connectivity index (χ0n) is 13.5. The Morgan fingerprint density at radius 1 is 1.38 bits per heavy atom. The molecule has 0 saturated carbocycles. The second-order valence-electron chi connectivity index (χ2n) is 6.36. The molecule has 2 atom stereocenters. The fraction of sp³-hybridized carbons (Fsp3) is 0.647. The molecular formula is C17H28FN3. The van der Waals surface area contributed by atoms with Gasteiger partial charge in [0.2, 0.25) is 0 Å². The Morgan fingerprint density at radius 3 is 2.67 bits per heavy atom. The number of halogens is 1. The van der Waals surface area contributed by atoms with Gasteiger partial charge in [-0.3, -0.25) is 0 Å². The summed E-state index contributed by atoms with van der Waals surface area (Å²) in [5, 5.41) is 3.34. The van der Waals surface area contributed by atoms with Crippen molar-refractivity contribution < 1.29 is 4.39 Å². The van der Waals surface area contributed by atoms with Crippen molar-refractivity contribution in [3.05, 3.63) is 35.6 Å². The van der Waals surface area contributed by atoms with Gasteiger partial charge in [0.05, 0.1) is 0 Å². The molecule has 3 nitrogen and oxygen atoms in total. The lowest BCUT2D eigenvalue weighted by Gasteiger charge is -2.24. The molecule has 1 aromatic carbocycles. The van der Waals surface area contributed by atoms with Crippen LogP contribution in [0, 0.1) is 11.7 Å². The average molecular weight is 293 g/mol. The maximum Gasteiger partial charge on any atom is 0.123 e. The standard InChI is InChI=1S/C17H28FN3/c1-19-17(15-4-6-16(18)7-5-15)9-11-21(3)13-14-8-10-20(2)12-14/h4-7,14,17,19H,8-13H2,1-3H3. The van der Waals surface area contributed by atoms with Crippen LogP contribution in [0.2, 0.25) is 0 Å². The summed E-state index contributed by atoms with van der Waals surface area (Å²) in [6.07, 6.45) is 2.36. The lowest BCUT2D eigenvalue weighted by atomic mass is 10.0. The Kier molecular flexibility index (Phi) is 6.15. The Hall–Kier alpha value is -0.970. The SMILES string of the molecule is CNC(CCN(C)CC1CCN(C)C1)c1ccc(F)cc1. The third kappa shape index (κ3) is 5.06. The van der Waals surface area contributed by atoms with Crippen LogP contribution in [0.4, 0.5) is 4.39 Å². The molecule has 0 bridgehead atoms. The van der Waals surface area contributed by atoms with E-state index in [-0.39, 0.29) is 5.82 Å². The van der Waals surface area contributed by atoms with E-state index in [4.69, 9.17) is 0 Å². The molecule has 4 heteroatoms. The Morgan fingerprint density at radius 2 is 2.10 bits per heavy atom. The molecule has 0 aliphatic carbocycles. The molecule has 1 heterocycles. The second kappa shape index (κ2) is 7.87. The van der Waals surface area contributed by atoms with Gasteiger partial charge in [0.15, 0.2) is 0 Å². The number of nitrogens with one attached hydrogen (secondary N) is 1. The Bertz CT molecular complexity index is 421. The minimum atomic E-state index is -0.170. The molecule has 0 spiro atoms. The molecule has 1 aromatic rings. The molecule has 1 saturated heterocycles. The van der Waals surface area contributed by atoms with Crippen LogP contribution >= 0.6 is 0 Å². The van der Waals surface area contributed by atoms with Crippen LogP contribution in [0.1, 0.15) is 24.4 Å². The predicted octanol–water partition coefficient (Wildman–Crippen LogP) is 2.36. The van der Waals surface area contributed by atoms with E-state index in [0.29, 0.717) is 6.04 Å². The summed E-state index contributed by atoms with van der Waals surface area (Å²) in [7, 11) is 6.38. The first-order valence-corrected chi connectivity index (χ1v) is 7.88. The number of nitrogens with zero attached hydrogens (tertiary/aromatic N) is 2. The van der Waals surface area contributed by atoms with Gasteiger partial charge in [-0.15, -0.1) is 0 Å². The van der Waals surface area contributed by atoms with Crippen molar-refractivity contribution in [3.8, 4) is 0 Å². The molecular weight excluding hydrogens is 265 g/mol. The van der Waals surface area contributed by atoms with E-state index in [1.54, 1.807) is 0 Å². The van der Waals surface area contributed by atoms with Crippen molar-refractivity contribution in [2.75, 3.05) is 47.3 Å². The highest BCUT2D eigenvalue weighted by atomic mass is 19.1. The van der Waals surface area contributed by atoms with Crippen LogP contribution in [-0.2, 0) is 0 Å². The smallest absolute Gasteiger partial charge is 0.123 e. The predicted molar refractivity (Wildman–Crippen MR) is 85.9 cm³/mol. The van der Waals surface area contributed by atoms with Gasteiger partial charge in [0.1, 0.15) is 5.82 Å². The summed E-state index contributed by atoms with van der Waals surface area (Å²) in [6, 6.07) is 7.12. The van der Waals surface area contributed by atoms with E-state index < -0.39 is 0 Å². The van der Waals surface area contributed by atoms with Crippen molar-refractivity contribution in [2.24, 2.45) is 5.92 Å². The van der Waals surface area contributed by atoms with Crippen molar-refractivity contribution in [3.63, 3.8) is 0 Å². The summed E-state index contributed by atoms with van der Waals surface area (Å²) in [5.41, 5.74) is 1.16. The van der Waals surface area contributed by atoms with Gasteiger partial charge in [-0.05, 0) is 70.7 Å². The van der Waals surface area contributed by atoms with Gasteiger partial charge in [-0.25, -0.2) is 4.39 Å². The maximum absolute atomic E-state index is 13.0. The van der Waals surface area contributed by atoms with E-state index in [1.807, 2.05) is 19.2 Å². The van der Waals surface area contributed by atoms with E-state index in [1.165, 1.54) is 38.2 Å². The largest absolute Gasteiger partial charge is 0.313 e. The number of benzene rings is 1. The van der Waals surface area contributed by atoms with Gasteiger partial charge in [0.25, 0.3) is 0 Å². The second-order valence-corrected chi connectivity index (χ2v) is 6.36. The van der Waals surface area contributed by atoms with Crippen LogP contribution in [0.3, 0.4) is 0 Å². The molecule has 2 rings (SSSR count). The molecule has 0 aromatic heterocycles. The van der Waals surface area contributed by atoms with Crippen LogP contribution in [0.25, 0.3) is 0 Å². The lowest BCUT2D eigenvalue weighted by molar-refractivity contribution is 0.261. The zero-order chi connectivity index (χ0) is 15.2. The third-order valence-corrected chi connectivity index (χ3v) is 4.48. The molecule has 1 N–H and O–H groups in total. The monoisotopic (exact) mass is 293 g/mol. The zero-order valence-corrected chi connectivity index (χ0v) is 13.5. The number of hydrogen-bond acceptors (Lipinski definition) is 3. The molecule has 0 amide bonds.